The van der Waals surface area contributed by atoms with Crippen LogP contribution in [0, 0.1) is 40.4 Å². The van der Waals surface area contributed by atoms with Crippen LogP contribution >= 0.6 is 0 Å². The first-order valence-electron chi connectivity index (χ1n) is 12.6. The van der Waals surface area contributed by atoms with E-state index in [1.165, 1.54) is 44.9 Å². The van der Waals surface area contributed by atoms with E-state index in [0.717, 1.165) is 55.3 Å². The fourth-order valence-corrected chi connectivity index (χ4v) is 8.67. The summed E-state index contributed by atoms with van der Waals surface area (Å²) in [6, 6.07) is 0. The van der Waals surface area contributed by atoms with E-state index in [-0.39, 0.29) is 6.10 Å². The van der Waals surface area contributed by atoms with Gasteiger partial charge >= 0.3 is 0 Å². The summed E-state index contributed by atoms with van der Waals surface area (Å²) >= 11 is 0. The van der Waals surface area contributed by atoms with Gasteiger partial charge in [0.1, 0.15) is 0 Å². The molecule has 0 aromatic carbocycles. The number of fused-ring (bicyclic) bond motifs is 5. The summed E-state index contributed by atoms with van der Waals surface area (Å²) in [6.07, 6.45) is 15.9. The maximum Gasteiger partial charge on any atom is 0.0591 e. The van der Waals surface area contributed by atoms with Crippen molar-refractivity contribution in [2.45, 2.75) is 117 Å². The molecule has 0 bridgehead atoms. The summed E-state index contributed by atoms with van der Waals surface area (Å²) in [4.78, 5) is 0. The molecule has 0 aromatic rings. The molecule has 2 N–H and O–H groups in total. The van der Waals surface area contributed by atoms with Crippen molar-refractivity contribution in [1.82, 2.24) is 0 Å². The van der Waals surface area contributed by atoms with Crippen molar-refractivity contribution in [3.05, 3.63) is 11.6 Å². The van der Waals surface area contributed by atoms with Gasteiger partial charge in [0.25, 0.3) is 0 Å². The highest BCUT2D eigenvalue weighted by Gasteiger charge is 2.59. The molecule has 0 heterocycles. The van der Waals surface area contributed by atoms with Crippen LogP contribution < -0.4 is 0 Å². The monoisotopic (exact) mass is 402 g/mol. The van der Waals surface area contributed by atoms with Gasteiger partial charge in [-0.25, -0.2) is 0 Å². The van der Waals surface area contributed by atoms with Crippen LogP contribution in [0.4, 0.5) is 0 Å². The van der Waals surface area contributed by atoms with Crippen molar-refractivity contribution in [2.75, 3.05) is 0 Å². The Hall–Kier alpha value is -0.340. The fraction of sp³-hybridized carbons (Fsp3) is 0.926. The Bertz CT molecular complexity index is 631. The zero-order valence-electron chi connectivity index (χ0n) is 19.7. The van der Waals surface area contributed by atoms with Crippen molar-refractivity contribution in [3.63, 3.8) is 0 Å². The molecular formula is C27H46O2. The highest BCUT2D eigenvalue weighted by atomic mass is 16.3. The molecule has 0 amide bonds. The molecule has 3 saturated carbocycles. The van der Waals surface area contributed by atoms with E-state index in [4.69, 9.17) is 0 Å². The Kier molecular flexibility index (Phi) is 5.78. The first kappa shape index (κ1) is 21.9. The molecule has 4 rings (SSSR count). The summed E-state index contributed by atoms with van der Waals surface area (Å²) in [5.41, 5.74) is 1.95. The van der Waals surface area contributed by atoms with Crippen LogP contribution in [-0.2, 0) is 0 Å². The van der Waals surface area contributed by atoms with Crippen molar-refractivity contribution < 1.29 is 10.2 Å². The van der Waals surface area contributed by atoms with Gasteiger partial charge in [0.15, 0.2) is 0 Å². The Labute approximate surface area is 179 Å². The minimum absolute atomic E-state index is 0.0969. The van der Waals surface area contributed by atoms with E-state index in [2.05, 4.69) is 26.8 Å². The number of hydrogen-bond acceptors (Lipinski definition) is 2. The minimum atomic E-state index is -0.519. The van der Waals surface area contributed by atoms with Gasteiger partial charge in [0, 0.05) is 0 Å². The topological polar surface area (TPSA) is 40.5 Å². The highest BCUT2D eigenvalue weighted by molar-refractivity contribution is 5.25. The number of aliphatic hydroxyl groups excluding tert-OH is 1. The summed E-state index contributed by atoms with van der Waals surface area (Å²) in [7, 11) is 0. The van der Waals surface area contributed by atoms with Crippen molar-refractivity contribution in [2.24, 2.45) is 40.4 Å². The Balaban J connectivity index is 1.47. The fourth-order valence-electron chi connectivity index (χ4n) is 8.67. The van der Waals surface area contributed by atoms with Gasteiger partial charge in [-0.15, -0.1) is 0 Å². The molecule has 3 fully saturated rings. The maximum atomic E-state index is 10.2. The zero-order chi connectivity index (χ0) is 21.0. The highest BCUT2D eigenvalue weighted by Crippen LogP contribution is 2.67. The molecule has 0 spiro atoms. The largest absolute Gasteiger partial charge is 0.393 e. The van der Waals surface area contributed by atoms with Gasteiger partial charge in [-0.05, 0) is 112 Å². The Morgan fingerprint density at radius 3 is 2.59 bits per heavy atom. The van der Waals surface area contributed by atoms with Gasteiger partial charge < -0.3 is 10.2 Å². The number of allylic oxidation sites excluding steroid dienone is 1. The van der Waals surface area contributed by atoms with Crippen LogP contribution in [0.3, 0.4) is 0 Å². The molecule has 4 aliphatic rings. The smallest absolute Gasteiger partial charge is 0.0591 e. The third-order valence-corrected chi connectivity index (χ3v) is 10.3. The van der Waals surface area contributed by atoms with Crippen molar-refractivity contribution in [1.29, 1.82) is 0 Å². The van der Waals surface area contributed by atoms with E-state index in [0.29, 0.717) is 10.8 Å². The van der Waals surface area contributed by atoms with Crippen LogP contribution in [0.5, 0.6) is 0 Å². The molecule has 0 aromatic heterocycles. The summed E-state index contributed by atoms with van der Waals surface area (Å²) in [6.45, 7) is 11.6. The van der Waals surface area contributed by atoms with Crippen LogP contribution in [0.15, 0.2) is 11.6 Å². The molecule has 0 unspecified atom stereocenters. The minimum Gasteiger partial charge on any atom is -0.393 e. The number of rotatable bonds is 5. The lowest BCUT2D eigenvalue weighted by Gasteiger charge is -2.58. The van der Waals surface area contributed by atoms with Gasteiger partial charge in [-0.1, -0.05) is 45.3 Å². The van der Waals surface area contributed by atoms with Crippen LogP contribution in [0.25, 0.3) is 0 Å². The first-order chi connectivity index (χ1) is 13.5. The SMILES string of the molecule is C[C@@H](CCCC(C)(C)O)[C@H]1CC[C@H]2[C@@H]3CC=C4C[C@@H](O)CC[C@]4(C)[C@H]3CC[C@]12C. The third-order valence-electron chi connectivity index (χ3n) is 10.3. The van der Waals surface area contributed by atoms with Crippen LogP contribution in [-0.4, -0.2) is 21.9 Å². The van der Waals surface area contributed by atoms with Crippen molar-refractivity contribution >= 4 is 0 Å². The lowest BCUT2D eigenvalue weighted by molar-refractivity contribution is -0.0575. The van der Waals surface area contributed by atoms with E-state index in [1.807, 2.05) is 13.8 Å². The van der Waals surface area contributed by atoms with Gasteiger partial charge in [-0.3, -0.25) is 0 Å². The second-order valence-corrected chi connectivity index (χ2v) is 12.6. The Morgan fingerprint density at radius 1 is 1.10 bits per heavy atom. The summed E-state index contributed by atoms with van der Waals surface area (Å²) < 4.78 is 0. The summed E-state index contributed by atoms with van der Waals surface area (Å²) in [5.74, 6) is 4.24. The molecule has 2 nitrogen and oxygen atoms in total. The molecule has 0 radical (unpaired) electrons. The van der Waals surface area contributed by atoms with E-state index < -0.39 is 5.60 Å². The summed E-state index contributed by atoms with van der Waals surface area (Å²) in [5, 5.41) is 20.3. The van der Waals surface area contributed by atoms with Crippen molar-refractivity contribution in [3.8, 4) is 0 Å². The molecule has 166 valence electrons. The van der Waals surface area contributed by atoms with E-state index >= 15 is 0 Å². The molecule has 29 heavy (non-hydrogen) atoms. The molecule has 4 aliphatic carbocycles. The molecule has 8 atom stereocenters. The van der Waals surface area contributed by atoms with Gasteiger partial charge in [0.2, 0.25) is 0 Å². The van der Waals surface area contributed by atoms with E-state index in [9.17, 15) is 10.2 Å². The lowest BCUT2D eigenvalue weighted by atomic mass is 9.47. The molecule has 0 aliphatic heterocycles. The standard InChI is InChI=1S/C27H46O2/c1-18(7-6-14-25(2,3)29)22-10-11-23-21-9-8-19-17-20(28)12-15-26(19,4)24(21)13-16-27(22,23)5/h8,18,20-24,28-29H,6-7,9-17H2,1-5H3/t18-,20-,21-,22+,23-,24-,26-,27+/m0/s1. The maximum absolute atomic E-state index is 10.2. The molecule has 0 saturated heterocycles. The molecule has 2 heteroatoms. The third kappa shape index (κ3) is 3.86. The second-order valence-electron chi connectivity index (χ2n) is 12.6. The van der Waals surface area contributed by atoms with Gasteiger partial charge in [0.05, 0.1) is 11.7 Å². The quantitative estimate of drug-likeness (QED) is 0.515. The number of aliphatic hydroxyl groups is 2. The number of hydrogen-bond donors (Lipinski definition) is 2. The average Bonchev–Trinajstić information content (AvgIpc) is 2.98. The second kappa shape index (κ2) is 7.66. The average molecular weight is 403 g/mol. The van der Waals surface area contributed by atoms with Crippen LogP contribution in [0.1, 0.15) is 105 Å². The first-order valence-corrected chi connectivity index (χ1v) is 12.6. The Morgan fingerprint density at radius 2 is 1.86 bits per heavy atom. The lowest BCUT2D eigenvalue weighted by Crippen LogP contribution is -2.50. The normalized spacial score (nSPS) is 45.8. The predicted octanol–water partition coefficient (Wildman–Crippen LogP) is 6.50. The zero-order valence-corrected chi connectivity index (χ0v) is 19.7. The van der Waals surface area contributed by atoms with E-state index in [1.54, 1.807) is 5.57 Å². The predicted molar refractivity (Wildman–Crippen MR) is 121 cm³/mol. The van der Waals surface area contributed by atoms with Crippen LogP contribution in [0.2, 0.25) is 0 Å². The molecular weight excluding hydrogens is 356 g/mol. The van der Waals surface area contributed by atoms with Gasteiger partial charge in [-0.2, -0.15) is 0 Å².